The summed E-state index contributed by atoms with van der Waals surface area (Å²) in [6.07, 6.45) is 10.8. The second kappa shape index (κ2) is 5.43. The lowest BCUT2D eigenvalue weighted by Crippen LogP contribution is -2.29. The normalized spacial score (nSPS) is 25.2. The van der Waals surface area contributed by atoms with E-state index in [1.807, 2.05) is 12.4 Å². The molecule has 1 fully saturated rings. The van der Waals surface area contributed by atoms with Crippen LogP contribution < -0.4 is 0 Å². The molecule has 5 heteroatoms. The molecule has 1 aromatic rings. The van der Waals surface area contributed by atoms with Gasteiger partial charge in [-0.05, 0) is 25.7 Å². The van der Waals surface area contributed by atoms with E-state index >= 15 is 0 Å². The van der Waals surface area contributed by atoms with Crippen LogP contribution in [-0.2, 0) is 16.3 Å². The van der Waals surface area contributed by atoms with E-state index in [0.29, 0.717) is 6.04 Å². The summed E-state index contributed by atoms with van der Waals surface area (Å²) in [6, 6.07) is 0.308. The van der Waals surface area contributed by atoms with Gasteiger partial charge in [-0.3, -0.25) is 0 Å². The van der Waals surface area contributed by atoms with Crippen LogP contribution >= 0.6 is 0 Å². The Bertz CT molecular complexity index is 493. The third-order valence-electron chi connectivity index (χ3n) is 3.82. The minimum absolute atomic E-state index is 0.173. The zero-order chi connectivity index (χ0) is 13.2. The van der Waals surface area contributed by atoms with Crippen molar-refractivity contribution < 1.29 is 8.42 Å². The molecular weight excluding hydrogens is 248 g/mol. The topological polar surface area (TPSA) is 52.0 Å². The van der Waals surface area contributed by atoms with Crippen molar-refractivity contribution >= 4 is 9.84 Å². The Kier molecular flexibility index (Phi) is 4.10. The summed E-state index contributed by atoms with van der Waals surface area (Å²) in [4.78, 5) is 4.38. The fourth-order valence-electron chi connectivity index (χ4n) is 2.86. The molecule has 18 heavy (non-hydrogen) atoms. The summed E-state index contributed by atoms with van der Waals surface area (Å²) in [5.41, 5.74) is 0. The van der Waals surface area contributed by atoms with E-state index < -0.39 is 9.84 Å². The number of hydrogen-bond acceptors (Lipinski definition) is 3. The number of aryl methyl sites for hydroxylation is 1. The van der Waals surface area contributed by atoms with Crippen LogP contribution in [0.2, 0.25) is 0 Å². The Morgan fingerprint density at radius 1 is 1.44 bits per heavy atom. The molecule has 2 rings (SSSR count). The Hall–Kier alpha value is -0.840. The maximum absolute atomic E-state index is 11.7. The molecule has 2 unspecified atom stereocenters. The Morgan fingerprint density at radius 3 is 2.89 bits per heavy atom. The molecule has 4 nitrogen and oxygen atoms in total. The van der Waals surface area contributed by atoms with E-state index in [-0.39, 0.29) is 5.25 Å². The number of aromatic nitrogens is 2. The van der Waals surface area contributed by atoms with Crippen LogP contribution in [0.1, 0.15) is 50.9 Å². The van der Waals surface area contributed by atoms with Gasteiger partial charge in [0.25, 0.3) is 0 Å². The maximum atomic E-state index is 11.7. The largest absolute Gasteiger partial charge is 0.332 e. The van der Waals surface area contributed by atoms with Crippen LogP contribution in [0.15, 0.2) is 12.4 Å². The first-order valence-corrected chi connectivity index (χ1v) is 8.68. The summed E-state index contributed by atoms with van der Waals surface area (Å²) in [6.45, 7) is 2.14. The Balaban J connectivity index is 2.15. The van der Waals surface area contributed by atoms with Crippen LogP contribution in [0.5, 0.6) is 0 Å². The monoisotopic (exact) mass is 270 g/mol. The van der Waals surface area contributed by atoms with Crippen LogP contribution in [0.3, 0.4) is 0 Å². The molecule has 0 saturated heterocycles. The van der Waals surface area contributed by atoms with Gasteiger partial charge < -0.3 is 4.57 Å². The highest BCUT2D eigenvalue weighted by Crippen LogP contribution is 2.32. The van der Waals surface area contributed by atoms with Gasteiger partial charge in [0.1, 0.15) is 15.7 Å². The molecule has 0 spiro atoms. The zero-order valence-corrected chi connectivity index (χ0v) is 12.0. The van der Waals surface area contributed by atoms with E-state index in [9.17, 15) is 8.42 Å². The van der Waals surface area contributed by atoms with E-state index in [4.69, 9.17) is 0 Å². The quantitative estimate of drug-likeness (QED) is 0.844. The highest BCUT2D eigenvalue weighted by molar-refractivity contribution is 7.91. The van der Waals surface area contributed by atoms with Gasteiger partial charge in [-0.2, -0.15) is 0 Å². The molecule has 1 saturated carbocycles. The zero-order valence-electron chi connectivity index (χ0n) is 11.2. The lowest BCUT2D eigenvalue weighted by atomic mass is 9.94. The average Bonchev–Trinajstić information content (AvgIpc) is 2.77. The van der Waals surface area contributed by atoms with Gasteiger partial charge in [-0.1, -0.05) is 13.3 Å². The minimum atomic E-state index is -2.91. The summed E-state index contributed by atoms with van der Waals surface area (Å²) in [5, 5.41) is -0.173. The number of sulfone groups is 1. The molecular formula is C13H22N2O2S. The van der Waals surface area contributed by atoms with Gasteiger partial charge in [-0.25, -0.2) is 13.4 Å². The molecule has 1 aromatic heterocycles. The summed E-state index contributed by atoms with van der Waals surface area (Å²) < 4.78 is 25.6. The first-order valence-electron chi connectivity index (χ1n) is 6.73. The smallest absolute Gasteiger partial charge is 0.150 e. The van der Waals surface area contributed by atoms with Gasteiger partial charge in [0.05, 0.1) is 5.25 Å². The second-order valence-corrected chi connectivity index (χ2v) is 7.60. The Morgan fingerprint density at radius 2 is 2.22 bits per heavy atom. The third-order valence-corrected chi connectivity index (χ3v) is 5.46. The number of nitrogens with zero attached hydrogens (tertiary/aromatic N) is 2. The molecule has 1 heterocycles. The second-order valence-electron chi connectivity index (χ2n) is 5.27. The average molecular weight is 270 g/mol. The van der Waals surface area contributed by atoms with Crippen molar-refractivity contribution in [3.63, 3.8) is 0 Å². The van der Waals surface area contributed by atoms with Crippen molar-refractivity contribution in [1.82, 2.24) is 9.55 Å². The first kappa shape index (κ1) is 13.6. The molecule has 2 atom stereocenters. The summed E-state index contributed by atoms with van der Waals surface area (Å²) in [5.74, 6) is 1.09. The molecule has 0 aromatic carbocycles. The fourth-order valence-corrected chi connectivity index (χ4v) is 4.02. The number of imidazole rings is 1. The molecule has 0 bridgehead atoms. The number of hydrogen-bond donors (Lipinski definition) is 0. The predicted octanol–water partition coefficient (Wildman–Crippen LogP) is 2.36. The Labute approximate surface area is 109 Å². The van der Waals surface area contributed by atoms with Gasteiger partial charge in [0.15, 0.2) is 0 Å². The van der Waals surface area contributed by atoms with Crippen molar-refractivity contribution in [2.45, 2.75) is 56.7 Å². The molecule has 0 radical (unpaired) electrons. The van der Waals surface area contributed by atoms with Crippen molar-refractivity contribution in [3.8, 4) is 0 Å². The standard InChI is InChI=1S/C13H22N2O2S/c1-3-5-13-14-8-9-15(13)11-6-4-7-12(10-11)18(2,16)17/h8-9,11-12H,3-7,10H2,1-2H3. The van der Waals surface area contributed by atoms with E-state index in [2.05, 4.69) is 16.5 Å². The predicted molar refractivity (Wildman–Crippen MR) is 72.4 cm³/mol. The summed E-state index contributed by atoms with van der Waals surface area (Å²) in [7, 11) is -2.91. The molecule has 102 valence electrons. The molecule has 0 N–H and O–H groups in total. The van der Waals surface area contributed by atoms with Gasteiger partial charge >= 0.3 is 0 Å². The first-order chi connectivity index (χ1) is 8.52. The van der Waals surface area contributed by atoms with Crippen molar-refractivity contribution in [2.75, 3.05) is 6.26 Å². The molecule has 1 aliphatic rings. The highest BCUT2D eigenvalue weighted by atomic mass is 32.2. The molecule has 0 aliphatic heterocycles. The van der Waals surface area contributed by atoms with Crippen molar-refractivity contribution in [1.29, 1.82) is 0 Å². The lowest BCUT2D eigenvalue weighted by Gasteiger charge is -2.30. The summed E-state index contributed by atoms with van der Waals surface area (Å²) >= 11 is 0. The third kappa shape index (κ3) is 2.94. The van der Waals surface area contributed by atoms with Crippen molar-refractivity contribution in [3.05, 3.63) is 18.2 Å². The molecule has 0 amide bonds. The van der Waals surface area contributed by atoms with E-state index in [1.54, 1.807) is 0 Å². The fraction of sp³-hybridized carbons (Fsp3) is 0.769. The van der Waals surface area contributed by atoms with Crippen LogP contribution in [-0.4, -0.2) is 29.5 Å². The maximum Gasteiger partial charge on any atom is 0.150 e. The van der Waals surface area contributed by atoms with E-state index in [0.717, 1.165) is 44.3 Å². The van der Waals surface area contributed by atoms with E-state index in [1.165, 1.54) is 6.26 Å². The number of rotatable bonds is 4. The van der Waals surface area contributed by atoms with Crippen LogP contribution in [0.25, 0.3) is 0 Å². The van der Waals surface area contributed by atoms with Crippen LogP contribution in [0, 0.1) is 0 Å². The van der Waals surface area contributed by atoms with Gasteiger partial charge in [0, 0.05) is 31.1 Å². The highest BCUT2D eigenvalue weighted by Gasteiger charge is 2.30. The van der Waals surface area contributed by atoms with Gasteiger partial charge in [0.2, 0.25) is 0 Å². The van der Waals surface area contributed by atoms with Gasteiger partial charge in [-0.15, -0.1) is 0 Å². The molecule has 1 aliphatic carbocycles. The van der Waals surface area contributed by atoms with Crippen LogP contribution in [0.4, 0.5) is 0 Å². The minimum Gasteiger partial charge on any atom is -0.332 e. The lowest BCUT2D eigenvalue weighted by molar-refractivity contribution is 0.345. The SMILES string of the molecule is CCCc1nccn1C1CCCC(S(C)(=O)=O)C1. The van der Waals surface area contributed by atoms with Crippen molar-refractivity contribution in [2.24, 2.45) is 0 Å².